The molecule has 33 heavy (non-hydrogen) atoms. The average Bonchev–Trinajstić information content (AvgIpc) is 3.29. The molecule has 1 saturated heterocycles. The summed E-state index contributed by atoms with van der Waals surface area (Å²) in [6.45, 7) is 3.44. The zero-order valence-corrected chi connectivity index (χ0v) is 22.3. The van der Waals surface area contributed by atoms with Crippen molar-refractivity contribution in [3.63, 3.8) is 0 Å². The summed E-state index contributed by atoms with van der Waals surface area (Å²) in [5.74, 6) is -1.01. The number of piperidine rings is 1. The van der Waals surface area contributed by atoms with E-state index < -0.39 is 31.6 Å². The van der Waals surface area contributed by atoms with Gasteiger partial charge in [0.1, 0.15) is 16.5 Å². The van der Waals surface area contributed by atoms with Gasteiger partial charge in [-0.2, -0.15) is 0 Å². The largest absolute Gasteiger partial charge is 0.494 e. The highest BCUT2D eigenvalue weighted by Crippen LogP contribution is 2.38. The number of thiazole rings is 1. The van der Waals surface area contributed by atoms with Gasteiger partial charge in [0.15, 0.2) is 20.8 Å². The number of ether oxygens (including phenoxy) is 1. The number of sulfone groups is 1. The highest BCUT2D eigenvalue weighted by atomic mass is 79.9. The molecule has 1 aliphatic rings. The number of rotatable bonds is 6. The quantitative estimate of drug-likeness (QED) is 0.296. The van der Waals surface area contributed by atoms with Gasteiger partial charge in [-0.15, -0.1) is 11.3 Å². The maximum Gasteiger partial charge on any atom is 0.185 e. The van der Waals surface area contributed by atoms with Crippen LogP contribution in [0.4, 0.5) is 13.9 Å². The molecule has 0 N–H and O–H groups in total. The summed E-state index contributed by atoms with van der Waals surface area (Å²) in [4.78, 5) is 6.11. The van der Waals surface area contributed by atoms with E-state index in [4.69, 9.17) is 9.72 Å². The molecule has 1 fully saturated rings. The minimum atomic E-state index is -4.07. The Hall–Kier alpha value is -1.56. The smallest absolute Gasteiger partial charge is 0.185 e. The van der Waals surface area contributed by atoms with E-state index in [0.717, 1.165) is 28.2 Å². The average molecular weight is 622 g/mol. The van der Waals surface area contributed by atoms with Crippen LogP contribution in [0, 0.1) is 11.6 Å². The normalized spacial score (nSPS) is 15.1. The van der Waals surface area contributed by atoms with Gasteiger partial charge in [0.05, 0.1) is 26.5 Å². The van der Waals surface area contributed by atoms with E-state index in [-0.39, 0.29) is 8.95 Å². The van der Waals surface area contributed by atoms with Crippen molar-refractivity contribution < 1.29 is 21.9 Å². The molecule has 1 aromatic heterocycles. The van der Waals surface area contributed by atoms with Crippen LogP contribution in [0.25, 0.3) is 11.3 Å². The third-order valence-corrected chi connectivity index (χ3v) is 10.3. The molecule has 0 aliphatic carbocycles. The number of hydrogen-bond donors (Lipinski definition) is 0. The highest BCUT2D eigenvalue weighted by Gasteiger charge is 2.37. The fourth-order valence-electron chi connectivity index (χ4n) is 3.76. The predicted octanol–water partition coefficient (Wildman–Crippen LogP) is 6.45. The molecule has 0 unspecified atom stereocenters. The zero-order chi connectivity index (χ0) is 23.8. The maximum atomic E-state index is 14.6. The first-order valence-corrected chi connectivity index (χ1v) is 14.2. The second-order valence-electron chi connectivity index (χ2n) is 7.50. The van der Waals surface area contributed by atoms with Gasteiger partial charge < -0.3 is 9.64 Å². The molecule has 2 heterocycles. The third kappa shape index (κ3) is 4.96. The second kappa shape index (κ2) is 9.97. The summed E-state index contributed by atoms with van der Waals surface area (Å²) in [6, 6.07) is 8.61. The number of nitrogens with zero attached hydrogens (tertiary/aromatic N) is 2. The second-order valence-corrected chi connectivity index (χ2v) is 12.2. The summed E-state index contributed by atoms with van der Waals surface area (Å²) in [7, 11) is -4.07. The van der Waals surface area contributed by atoms with Crippen LogP contribution in [-0.4, -0.2) is 38.3 Å². The van der Waals surface area contributed by atoms with Crippen molar-refractivity contribution in [1.29, 1.82) is 0 Å². The molecule has 11 heteroatoms. The molecule has 3 aromatic rings. The minimum Gasteiger partial charge on any atom is -0.494 e. The highest BCUT2D eigenvalue weighted by molar-refractivity contribution is 9.11. The van der Waals surface area contributed by atoms with Crippen LogP contribution < -0.4 is 9.64 Å². The van der Waals surface area contributed by atoms with Crippen LogP contribution in [0.15, 0.2) is 49.6 Å². The van der Waals surface area contributed by atoms with Gasteiger partial charge >= 0.3 is 0 Å². The summed E-state index contributed by atoms with van der Waals surface area (Å²) >= 11 is 7.30. The van der Waals surface area contributed by atoms with E-state index in [2.05, 4.69) is 31.9 Å². The Balaban J connectivity index is 1.48. The number of halogens is 4. The summed E-state index contributed by atoms with van der Waals surface area (Å²) < 4.78 is 59.9. The fourth-order valence-corrected chi connectivity index (χ4v) is 8.01. The molecule has 2 aromatic carbocycles. The Bertz CT molecular complexity index is 1230. The third-order valence-electron chi connectivity index (χ3n) is 5.46. The van der Waals surface area contributed by atoms with Crippen molar-refractivity contribution >= 4 is 58.2 Å². The zero-order valence-electron chi connectivity index (χ0n) is 17.5. The Kier molecular flexibility index (Phi) is 7.42. The Labute approximate surface area is 212 Å². The lowest BCUT2D eigenvalue weighted by molar-refractivity contribution is 0.340. The molecule has 0 bridgehead atoms. The molecule has 0 atom stereocenters. The monoisotopic (exact) mass is 620 g/mol. The first-order chi connectivity index (χ1) is 15.7. The lowest BCUT2D eigenvalue weighted by atomic mass is 10.1. The Morgan fingerprint density at radius 1 is 1.18 bits per heavy atom. The summed E-state index contributed by atoms with van der Waals surface area (Å²) in [5.41, 5.74) is 1.80. The first-order valence-electron chi connectivity index (χ1n) is 10.2. The number of benzene rings is 2. The van der Waals surface area contributed by atoms with E-state index in [9.17, 15) is 17.2 Å². The molecule has 0 amide bonds. The van der Waals surface area contributed by atoms with Crippen molar-refractivity contribution in [3.8, 4) is 17.0 Å². The van der Waals surface area contributed by atoms with Crippen molar-refractivity contribution in [2.75, 3.05) is 24.6 Å². The summed E-state index contributed by atoms with van der Waals surface area (Å²) in [6.07, 6.45) is 0.584. The van der Waals surface area contributed by atoms with Crippen LogP contribution in [-0.2, 0) is 9.84 Å². The minimum absolute atomic E-state index is 0.219. The van der Waals surface area contributed by atoms with Crippen molar-refractivity contribution in [2.24, 2.45) is 0 Å². The molecular weight excluding hydrogens is 602 g/mol. The van der Waals surface area contributed by atoms with E-state index in [1.807, 2.05) is 41.5 Å². The standard InChI is InChI=1S/C22H20Br2F2N2O3S2/c1-2-31-14-5-3-13(4-6-14)18-12-32-22(27-18)28-9-7-15(8-10-28)33(29,30)21-19(24)17(25)11-16(23)20(21)26/h3-6,11-12,15H,2,7-10H2,1H3. The van der Waals surface area contributed by atoms with Crippen LogP contribution in [0.1, 0.15) is 19.8 Å². The number of hydrogen-bond acceptors (Lipinski definition) is 6. The molecule has 0 spiro atoms. The molecule has 5 nitrogen and oxygen atoms in total. The fraction of sp³-hybridized carbons (Fsp3) is 0.318. The number of aromatic nitrogens is 1. The van der Waals surface area contributed by atoms with E-state index in [1.165, 1.54) is 11.3 Å². The Morgan fingerprint density at radius 3 is 2.48 bits per heavy atom. The van der Waals surface area contributed by atoms with Gasteiger partial charge in [0.25, 0.3) is 0 Å². The van der Waals surface area contributed by atoms with Crippen LogP contribution in [0.3, 0.4) is 0 Å². The van der Waals surface area contributed by atoms with Crippen molar-refractivity contribution in [2.45, 2.75) is 29.9 Å². The maximum absolute atomic E-state index is 14.6. The predicted molar refractivity (Wildman–Crippen MR) is 133 cm³/mol. The van der Waals surface area contributed by atoms with Crippen LogP contribution in [0.5, 0.6) is 5.75 Å². The van der Waals surface area contributed by atoms with E-state index in [1.54, 1.807) is 0 Å². The molecule has 0 radical (unpaired) electrons. The van der Waals surface area contributed by atoms with Gasteiger partial charge in [-0.05, 0) is 82.0 Å². The lowest BCUT2D eigenvalue weighted by Gasteiger charge is -2.31. The first kappa shape index (κ1) is 24.6. The van der Waals surface area contributed by atoms with Gasteiger partial charge in [-0.1, -0.05) is 0 Å². The van der Waals surface area contributed by atoms with Gasteiger partial charge in [-0.25, -0.2) is 22.2 Å². The van der Waals surface area contributed by atoms with Gasteiger partial charge in [0, 0.05) is 24.0 Å². The van der Waals surface area contributed by atoms with Crippen molar-refractivity contribution in [3.05, 3.63) is 56.3 Å². The van der Waals surface area contributed by atoms with E-state index in [0.29, 0.717) is 32.5 Å². The van der Waals surface area contributed by atoms with Gasteiger partial charge in [0.2, 0.25) is 0 Å². The number of anilines is 1. The summed E-state index contributed by atoms with van der Waals surface area (Å²) in [5, 5.41) is 1.96. The topological polar surface area (TPSA) is 59.5 Å². The molecule has 0 saturated carbocycles. The van der Waals surface area contributed by atoms with E-state index >= 15 is 0 Å². The Morgan fingerprint density at radius 2 is 1.85 bits per heavy atom. The molecule has 4 rings (SSSR count). The SMILES string of the molecule is CCOc1ccc(-c2csc(N3CCC(S(=O)(=O)c4c(F)c(Br)cc(F)c4Br)CC3)n2)cc1. The van der Waals surface area contributed by atoms with Gasteiger partial charge in [-0.3, -0.25) is 0 Å². The molecule has 1 aliphatic heterocycles. The molecule has 176 valence electrons. The van der Waals surface area contributed by atoms with Crippen LogP contribution in [0.2, 0.25) is 0 Å². The molecular formula is C22H20Br2F2N2O3S2. The van der Waals surface area contributed by atoms with Crippen molar-refractivity contribution in [1.82, 2.24) is 4.98 Å². The van der Waals surface area contributed by atoms with Crippen LogP contribution >= 0.6 is 43.2 Å². The lowest BCUT2D eigenvalue weighted by Crippen LogP contribution is -2.39.